The highest BCUT2D eigenvalue weighted by Crippen LogP contribution is 2.55. The predicted octanol–water partition coefficient (Wildman–Crippen LogP) is 12.6. The van der Waals surface area contributed by atoms with E-state index in [1.54, 1.807) is 0 Å². The van der Waals surface area contributed by atoms with Gasteiger partial charge in [0.2, 0.25) is 0 Å². The predicted molar refractivity (Wildman–Crippen MR) is 227 cm³/mol. The molecule has 0 atom stereocenters. The molecule has 0 saturated heterocycles. The summed E-state index contributed by atoms with van der Waals surface area (Å²) in [4.78, 5) is 0. The maximum absolute atomic E-state index is 8.67. The van der Waals surface area contributed by atoms with E-state index in [0.29, 0.717) is 0 Å². The summed E-state index contributed by atoms with van der Waals surface area (Å²) in [5.41, 5.74) is 5.85. The van der Waals surface area contributed by atoms with Crippen LogP contribution in [0.5, 0.6) is 0 Å². The number of hydrogen-bond acceptors (Lipinski definition) is 1. The van der Waals surface area contributed by atoms with E-state index in [4.69, 9.17) is 10.6 Å². The molecule has 0 aliphatic heterocycles. The second kappa shape index (κ2) is 19.8. The Balaban J connectivity index is 0.000000271. The lowest BCUT2D eigenvalue weighted by Gasteiger charge is -2.60. The van der Waals surface area contributed by atoms with Gasteiger partial charge in [-0.2, -0.15) is 5.26 Å². The normalized spacial score (nSPS) is 11.2. The molecular formula is C52H51N3. The van der Waals surface area contributed by atoms with E-state index in [2.05, 4.69) is 200 Å². The lowest BCUT2D eigenvalue weighted by Crippen LogP contribution is -2.39. The van der Waals surface area contributed by atoms with Crippen LogP contribution in [-0.4, -0.2) is 0 Å². The summed E-state index contributed by atoms with van der Waals surface area (Å²) in [6.45, 7) is 3.31. The van der Waals surface area contributed by atoms with E-state index < -0.39 is 11.1 Å². The molecule has 1 heterocycles. The fourth-order valence-electron chi connectivity index (χ4n) is 7.47. The molecule has 55 heavy (non-hydrogen) atoms. The summed E-state index contributed by atoms with van der Waals surface area (Å²) < 4.78 is 2.15. The van der Waals surface area contributed by atoms with Crippen molar-refractivity contribution in [2.45, 2.75) is 63.1 Å². The van der Waals surface area contributed by atoms with Gasteiger partial charge in [0.1, 0.15) is 6.54 Å². The summed E-state index contributed by atoms with van der Waals surface area (Å²) in [5, 5.41) is 14.8. The van der Waals surface area contributed by atoms with Crippen molar-refractivity contribution in [2.24, 2.45) is 0 Å². The highest BCUT2D eigenvalue weighted by molar-refractivity contribution is 5.64. The maximum atomic E-state index is 8.67. The summed E-state index contributed by atoms with van der Waals surface area (Å²) in [6.07, 6.45) is 11.9. The van der Waals surface area contributed by atoms with Crippen molar-refractivity contribution in [2.75, 3.05) is 0 Å². The molecular weight excluding hydrogens is 667 g/mol. The van der Waals surface area contributed by atoms with Crippen LogP contribution in [0.15, 0.2) is 207 Å². The standard InChI is InChI=1S/C38H30N.C14H21N2/c1-7-19-31(20-8-1)37(32-21-9-2-10-22-32,33-23-11-3-12-24-33)39-38(34-25-13-4-14-26-34,35-27-15-5-16-28-35)36-29-17-6-18-30-36;1-2-3-4-5-6-7-10-16-11-8-14(13-15)9-12-16/h1-30H;8-9,11-12H,2-7,10H2,1H3/q-1;+1. The Morgan fingerprint density at radius 1 is 0.418 bits per heavy atom. The molecule has 7 aromatic rings. The first-order valence-electron chi connectivity index (χ1n) is 19.7. The third kappa shape index (κ3) is 9.36. The first-order valence-corrected chi connectivity index (χ1v) is 19.7. The van der Waals surface area contributed by atoms with Gasteiger partial charge in [0.25, 0.3) is 0 Å². The van der Waals surface area contributed by atoms with E-state index in [1.165, 1.54) is 38.5 Å². The summed E-state index contributed by atoms with van der Waals surface area (Å²) in [7, 11) is 0. The molecule has 0 spiro atoms. The Morgan fingerprint density at radius 3 is 1.00 bits per heavy atom. The van der Waals surface area contributed by atoms with E-state index in [9.17, 15) is 0 Å². The van der Waals surface area contributed by atoms with Gasteiger partial charge < -0.3 is 5.32 Å². The Kier molecular flexibility index (Phi) is 13.9. The first kappa shape index (κ1) is 38.6. The van der Waals surface area contributed by atoms with E-state index in [1.807, 2.05) is 24.5 Å². The molecule has 7 rings (SSSR count). The number of benzene rings is 6. The van der Waals surface area contributed by atoms with Crippen molar-refractivity contribution in [3.63, 3.8) is 0 Å². The quantitative estimate of drug-likeness (QED) is 0.0591. The lowest BCUT2D eigenvalue weighted by molar-refractivity contribution is -0.697. The van der Waals surface area contributed by atoms with Crippen molar-refractivity contribution >= 4 is 0 Å². The molecule has 0 aliphatic rings. The molecule has 0 radical (unpaired) electrons. The van der Waals surface area contributed by atoms with Crippen LogP contribution in [0.25, 0.3) is 5.32 Å². The van der Waals surface area contributed by atoms with Gasteiger partial charge in [-0.1, -0.05) is 248 Å². The Bertz CT molecular complexity index is 1830. The maximum Gasteiger partial charge on any atom is 0.170 e. The van der Waals surface area contributed by atoms with Crippen molar-refractivity contribution in [1.82, 2.24) is 0 Å². The Morgan fingerprint density at radius 2 is 0.709 bits per heavy atom. The summed E-state index contributed by atoms with van der Waals surface area (Å²) >= 11 is 0. The molecule has 0 saturated carbocycles. The molecule has 0 N–H and O–H groups in total. The molecule has 0 bridgehead atoms. The average molecular weight is 718 g/mol. The minimum absolute atomic E-state index is 0.735. The van der Waals surface area contributed by atoms with Crippen molar-refractivity contribution in [1.29, 1.82) is 5.26 Å². The second-order valence-corrected chi connectivity index (χ2v) is 13.9. The van der Waals surface area contributed by atoms with Gasteiger partial charge in [-0.15, -0.1) is 0 Å². The molecule has 3 nitrogen and oxygen atoms in total. The van der Waals surface area contributed by atoms with Gasteiger partial charge in [-0.25, -0.2) is 4.57 Å². The molecule has 0 fully saturated rings. The highest BCUT2D eigenvalue weighted by atomic mass is 15.1. The number of aromatic nitrogens is 1. The van der Waals surface area contributed by atoms with E-state index in [-0.39, 0.29) is 0 Å². The number of rotatable bonds is 15. The van der Waals surface area contributed by atoms with Crippen molar-refractivity contribution < 1.29 is 4.57 Å². The molecule has 3 heteroatoms. The van der Waals surface area contributed by atoms with Gasteiger partial charge in [0.15, 0.2) is 12.4 Å². The molecule has 0 aliphatic carbocycles. The largest absolute Gasteiger partial charge is 0.628 e. The average Bonchev–Trinajstić information content (AvgIpc) is 3.28. The van der Waals surface area contributed by atoms with Gasteiger partial charge in [0.05, 0.1) is 11.6 Å². The van der Waals surface area contributed by atoms with Crippen molar-refractivity contribution in [3.05, 3.63) is 251 Å². The summed E-state index contributed by atoms with van der Waals surface area (Å²) in [6, 6.07) is 70.1. The molecule has 6 aromatic carbocycles. The number of nitriles is 1. The minimum atomic E-state index is -0.800. The minimum Gasteiger partial charge on any atom is -0.628 e. The zero-order chi connectivity index (χ0) is 38.0. The molecule has 0 amide bonds. The van der Waals surface area contributed by atoms with Crippen LogP contribution < -0.4 is 4.57 Å². The summed E-state index contributed by atoms with van der Waals surface area (Å²) in [5.74, 6) is 0. The third-order valence-electron chi connectivity index (χ3n) is 10.3. The van der Waals surface area contributed by atoms with E-state index >= 15 is 0 Å². The topological polar surface area (TPSA) is 41.8 Å². The molecule has 274 valence electrons. The zero-order valence-electron chi connectivity index (χ0n) is 31.9. The SMILES string of the molecule is CCCCCCCC[n+]1ccc(C#N)cc1.c1ccc(C([N-]C(c2ccccc2)(c2ccccc2)c2ccccc2)(c2ccccc2)c2ccccc2)cc1. The number of unbranched alkanes of at least 4 members (excludes halogenated alkanes) is 5. The fourth-order valence-corrected chi connectivity index (χ4v) is 7.47. The fraction of sp³-hybridized carbons (Fsp3) is 0.192. The van der Waals surface area contributed by atoms with Crippen LogP contribution in [-0.2, 0) is 17.6 Å². The van der Waals surface area contributed by atoms with Gasteiger partial charge in [-0.05, 0) is 17.5 Å². The monoisotopic (exact) mass is 717 g/mol. The smallest absolute Gasteiger partial charge is 0.170 e. The second-order valence-electron chi connectivity index (χ2n) is 13.9. The van der Waals surface area contributed by atoms with E-state index in [0.717, 1.165) is 45.5 Å². The van der Waals surface area contributed by atoms with Crippen LogP contribution in [0.4, 0.5) is 0 Å². The first-order chi connectivity index (χ1) is 27.2. The van der Waals surface area contributed by atoms with Crippen LogP contribution in [0.2, 0.25) is 0 Å². The third-order valence-corrected chi connectivity index (χ3v) is 10.3. The lowest BCUT2D eigenvalue weighted by atomic mass is 9.70. The highest BCUT2D eigenvalue weighted by Gasteiger charge is 2.36. The number of nitrogens with zero attached hydrogens (tertiary/aromatic N) is 3. The van der Waals surface area contributed by atoms with Crippen LogP contribution in [0.3, 0.4) is 0 Å². The number of hydrogen-bond donors (Lipinski definition) is 0. The number of aryl methyl sites for hydroxylation is 1. The number of pyridine rings is 1. The molecule has 0 unspecified atom stereocenters. The van der Waals surface area contributed by atoms with Crippen LogP contribution >= 0.6 is 0 Å². The van der Waals surface area contributed by atoms with Crippen molar-refractivity contribution in [3.8, 4) is 6.07 Å². The Labute approximate surface area is 328 Å². The van der Waals surface area contributed by atoms with Crippen LogP contribution in [0, 0.1) is 11.3 Å². The van der Waals surface area contributed by atoms with Crippen LogP contribution in [0.1, 0.15) is 84.4 Å². The Hall–Kier alpha value is -6.08. The van der Waals surface area contributed by atoms with Gasteiger partial charge in [0, 0.05) is 18.6 Å². The zero-order valence-corrected chi connectivity index (χ0v) is 31.9. The van der Waals surface area contributed by atoms with Gasteiger partial charge >= 0.3 is 0 Å². The van der Waals surface area contributed by atoms with Gasteiger partial charge in [-0.3, -0.25) is 0 Å². The molecule has 1 aromatic heterocycles.